The zero-order valence-corrected chi connectivity index (χ0v) is 11.1. The van der Waals surface area contributed by atoms with Crippen LogP contribution in [0.1, 0.15) is 0 Å². The van der Waals surface area contributed by atoms with Crippen molar-refractivity contribution in [3.63, 3.8) is 0 Å². The van der Waals surface area contributed by atoms with Gasteiger partial charge in [-0.3, -0.25) is 0 Å². The van der Waals surface area contributed by atoms with Gasteiger partial charge in [0.05, 0.1) is 0 Å². The van der Waals surface area contributed by atoms with E-state index < -0.39 is 10.0 Å². The summed E-state index contributed by atoms with van der Waals surface area (Å²) < 4.78 is 26.5. The number of likely N-dealkylation sites (N-methyl/N-ethyl adjacent to an activating group) is 1. The van der Waals surface area contributed by atoms with Crippen LogP contribution in [-0.4, -0.2) is 52.5 Å². The lowest BCUT2D eigenvalue weighted by Gasteiger charge is -2.12. The second kappa shape index (κ2) is 5.95. The number of rotatable bonds is 6. The van der Waals surface area contributed by atoms with Crippen LogP contribution in [0.15, 0.2) is 23.2 Å². The Hall–Kier alpha value is -1.18. The smallest absolute Gasteiger partial charge is 0.244 e. The number of pyridine rings is 1. The number of sulfonamides is 1. The molecule has 0 aliphatic carbocycles. The van der Waals surface area contributed by atoms with Gasteiger partial charge in [0.2, 0.25) is 10.0 Å². The van der Waals surface area contributed by atoms with Crippen LogP contribution in [0.4, 0.5) is 5.82 Å². The summed E-state index contributed by atoms with van der Waals surface area (Å²) in [4.78, 5) is 6.04. The topological polar surface area (TPSA) is 74.3 Å². The summed E-state index contributed by atoms with van der Waals surface area (Å²) in [5.74, 6) is 0.352. The van der Waals surface area contributed by atoms with Crippen molar-refractivity contribution in [3.8, 4) is 0 Å². The molecule has 6 nitrogen and oxygen atoms in total. The highest BCUT2D eigenvalue weighted by Crippen LogP contribution is 2.16. The minimum Gasteiger partial charge on any atom is -0.372 e. The molecule has 7 heteroatoms. The Kier molecular flexibility index (Phi) is 4.86. The summed E-state index contributed by atoms with van der Waals surface area (Å²) in [6.45, 7) is 1.02. The zero-order valence-electron chi connectivity index (χ0n) is 10.3. The lowest BCUT2D eigenvalue weighted by molar-refractivity contribution is 0.412. The number of anilines is 1. The Bertz CT molecular complexity index is 459. The molecule has 0 fully saturated rings. The van der Waals surface area contributed by atoms with Crippen molar-refractivity contribution in [2.75, 3.05) is 39.5 Å². The third kappa shape index (κ3) is 3.95. The molecule has 2 N–H and O–H groups in total. The fraction of sp³-hybridized carbons (Fsp3) is 0.500. The number of hydrogen-bond acceptors (Lipinski definition) is 5. The van der Waals surface area contributed by atoms with E-state index >= 15 is 0 Å². The molecule has 0 amide bonds. The lowest BCUT2D eigenvalue weighted by atomic mass is 10.5. The van der Waals surface area contributed by atoms with Crippen molar-refractivity contribution in [2.45, 2.75) is 4.90 Å². The van der Waals surface area contributed by atoms with E-state index in [0.717, 1.165) is 0 Å². The molecular formula is C10H18N4O2S. The van der Waals surface area contributed by atoms with Crippen molar-refractivity contribution in [1.29, 1.82) is 0 Å². The van der Waals surface area contributed by atoms with E-state index in [1.165, 1.54) is 6.07 Å². The first-order valence-electron chi connectivity index (χ1n) is 5.24. The lowest BCUT2D eigenvalue weighted by Crippen LogP contribution is -2.31. The first-order valence-corrected chi connectivity index (χ1v) is 6.73. The van der Waals surface area contributed by atoms with Crippen LogP contribution in [0.25, 0.3) is 0 Å². The predicted molar refractivity (Wildman–Crippen MR) is 67.5 cm³/mol. The number of hydrogen-bond donors (Lipinski definition) is 2. The Morgan fingerprint density at radius 3 is 2.71 bits per heavy atom. The number of nitrogens with one attached hydrogen (secondary N) is 2. The van der Waals surface area contributed by atoms with Gasteiger partial charge in [0.15, 0.2) is 0 Å². The molecule has 1 aromatic rings. The molecule has 0 aromatic carbocycles. The Labute approximate surface area is 102 Å². The molecule has 0 unspecified atom stereocenters. The average molecular weight is 258 g/mol. The van der Waals surface area contributed by atoms with E-state index in [-0.39, 0.29) is 4.90 Å². The maximum Gasteiger partial charge on any atom is 0.244 e. The van der Waals surface area contributed by atoms with Crippen LogP contribution < -0.4 is 10.0 Å². The van der Waals surface area contributed by atoms with Gasteiger partial charge in [-0.25, -0.2) is 18.1 Å². The van der Waals surface area contributed by atoms with Gasteiger partial charge >= 0.3 is 0 Å². The van der Waals surface area contributed by atoms with E-state index in [9.17, 15) is 8.42 Å². The summed E-state index contributed by atoms with van der Waals surface area (Å²) in [5, 5.41) is 2.76. The minimum absolute atomic E-state index is 0.168. The third-order valence-corrected chi connectivity index (χ3v) is 3.64. The predicted octanol–water partition coefficient (Wildman–Crippen LogP) is -0.0368. The van der Waals surface area contributed by atoms with Gasteiger partial charge in [0.25, 0.3) is 0 Å². The molecule has 1 heterocycles. The van der Waals surface area contributed by atoms with Crippen LogP contribution >= 0.6 is 0 Å². The molecule has 0 radical (unpaired) electrons. The average Bonchev–Trinajstić information content (AvgIpc) is 2.28. The molecule has 0 bridgehead atoms. The van der Waals surface area contributed by atoms with Crippen LogP contribution in [-0.2, 0) is 10.0 Å². The minimum atomic E-state index is -3.50. The highest BCUT2D eigenvalue weighted by molar-refractivity contribution is 7.89. The Morgan fingerprint density at radius 1 is 1.41 bits per heavy atom. The molecular weight excluding hydrogens is 240 g/mol. The van der Waals surface area contributed by atoms with Crippen LogP contribution in [0.2, 0.25) is 0 Å². The number of nitrogens with zero attached hydrogens (tertiary/aromatic N) is 2. The standard InChI is InChI=1S/C10H18N4O2S/c1-11-10-9(5-4-6-12-10)17(15,16)13-7-8-14(2)3/h4-6,13H,7-8H2,1-3H3,(H,11,12). The molecule has 0 aliphatic heterocycles. The van der Waals surface area contributed by atoms with E-state index in [2.05, 4.69) is 15.0 Å². The molecule has 1 rings (SSSR count). The molecule has 0 spiro atoms. The molecule has 96 valence electrons. The second-order valence-corrected chi connectivity index (χ2v) is 5.54. The molecule has 1 aromatic heterocycles. The molecule has 0 atom stereocenters. The highest BCUT2D eigenvalue weighted by Gasteiger charge is 2.17. The second-order valence-electron chi connectivity index (χ2n) is 3.80. The van der Waals surface area contributed by atoms with E-state index in [1.54, 1.807) is 19.3 Å². The highest BCUT2D eigenvalue weighted by atomic mass is 32.2. The van der Waals surface area contributed by atoms with Crippen molar-refractivity contribution in [2.24, 2.45) is 0 Å². The fourth-order valence-electron chi connectivity index (χ4n) is 1.28. The van der Waals surface area contributed by atoms with Gasteiger partial charge < -0.3 is 10.2 Å². The van der Waals surface area contributed by atoms with Crippen molar-refractivity contribution in [1.82, 2.24) is 14.6 Å². The van der Waals surface area contributed by atoms with Gasteiger partial charge in [0.1, 0.15) is 10.7 Å². The maximum absolute atomic E-state index is 12.0. The zero-order chi connectivity index (χ0) is 12.9. The van der Waals surface area contributed by atoms with Crippen LogP contribution in [0, 0.1) is 0 Å². The molecule has 0 saturated heterocycles. The SMILES string of the molecule is CNc1ncccc1S(=O)(=O)NCCN(C)C. The van der Waals surface area contributed by atoms with Crippen molar-refractivity contribution < 1.29 is 8.42 Å². The largest absolute Gasteiger partial charge is 0.372 e. The summed E-state index contributed by atoms with van der Waals surface area (Å²) in [7, 11) is 1.91. The van der Waals surface area contributed by atoms with E-state index in [0.29, 0.717) is 18.9 Å². The normalized spacial score (nSPS) is 11.8. The van der Waals surface area contributed by atoms with Gasteiger partial charge in [-0.15, -0.1) is 0 Å². The third-order valence-electron chi connectivity index (χ3n) is 2.15. The fourth-order valence-corrected chi connectivity index (χ4v) is 2.46. The summed E-state index contributed by atoms with van der Waals surface area (Å²) >= 11 is 0. The first kappa shape index (κ1) is 13.9. The molecule has 17 heavy (non-hydrogen) atoms. The van der Waals surface area contributed by atoms with Gasteiger partial charge in [-0.05, 0) is 26.2 Å². The van der Waals surface area contributed by atoms with Crippen molar-refractivity contribution in [3.05, 3.63) is 18.3 Å². The summed E-state index contributed by atoms with van der Waals surface area (Å²) in [6.07, 6.45) is 1.55. The van der Waals surface area contributed by atoms with E-state index in [1.807, 2.05) is 19.0 Å². The van der Waals surface area contributed by atoms with Gasteiger partial charge in [-0.1, -0.05) is 0 Å². The van der Waals surface area contributed by atoms with Crippen molar-refractivity contribution >= 4 is 15.8 Å². The quantitative estimate of drug-likeness (QED) is 0.749. The van der Waals surface area contributed by atoms with E-state index in [4.69, 9.17) is 0 Å². The van der Waals surface area contributed by atoms with Crippen LogP contribution in [0.5, 0.6) is 0 Å². The monoisotopic (exact) mass is 258 g/mol. The molecule has 0 saturated carbocycles. The Balaban J connectivity index is 2.82. The Morgan fingerprint density at radius 2 is 2.12 bits per heavy atom. The van der Waals surface area contributed by atoms with Gasteiger partial charge in [0, 0.05) is 26.3 Å². The maximum atomic E-state index is 12.0. The summed E-state index contributed by atoms with van der Waals surface area (Å²) in [6, 6.07) is 3.12. The number of aromatic nitrogens is 1. The summed E-state index contributed by atoms with van der Waals surface area (Å²) in [5.41, 5.74) is 0. The first-order chi connectivity index (χ1) is 7.97. The van der Waals surface area contributed by atoms with Gasteiger partial charge in [-0.2, -0.15) is 0 Å². The molecule has 0 aliphatic rings. The van der Waals surface area contributed by atoms with Crippen LogP contribution in [0.3, 0.4) is 0 Å².